The van der Waals surface area contributed by atoms with Gasteiger partial charge in [-0.05, 0) is 19.8 Å². The van der Waals surface area contributed by atoms with E-state index in [0.29, 0.717) is 13.0 Å². The summed E-state index contributed by atoms with van der Waals surface area (Å²) < 4.78 is 35.6. The molecule has 3 aliphatic carbocycles. The molecule has 40 heavy (non-hydrogen) atoms. The smallest absolute Gasteiger partial charge is 0.374 e. The molecule has 0 radical (unpaired) electrons. The van der Waals surface area contributed by atoms with Crippen molar-refractivity contribution >= 4 is 17.7 Å². The first-order chi connectivity index (χ1) is 18.8. The molecule has 7 aliphatic rings. The number of aliphatic hydroxyl groups is 3. The van der Waals surface area contributed by atoms with Crippen molar-refractivity contribution in [1.29, 1.82) is 0 Å². The van der Waals surface area contributed by atoms with E-state index in [4.69, 9.17) is 28.4 Å². The van der Waals surface area contributed by atoms with Gasteiger partial charge in [-0.25, -0.2) is 4.79 Å². The summed E-state index contributed by atoms with van der Waals surface area (Å²) in [6.45, 7) is 5.46. The lowest BCUT2D eigenvalue weighted by Crippen LogP contribution is -2.77. The number of fused-ring (bicyclic) bond motifs is 10. The van der Waals surface area contributed by atoms with Gasteiger partial charge in [0.05, 0.1) is 58.0 Å². The van der Waals surface area contributed by atoms with Crippen LogP contribution in [-0.4, -0.2) is 108 Å². The molecule has 0 spiro atoms. The predicted octanol–water partition coefficient (Wildman–Crippen LogP) is -0.659. The van der Waals surface area contributed by atoms with E-state index in [0.717, 1.165) is 13.5 Å². The highest BCUT2D eigenvalue weighted by Gasteiger charge is 2.90. The lowest BCUT2D eigenvalue weighted by molar-refractivity contribution is -0.281. The van der Waals surface area contributed by atoms with Gasteiger partial charge < -0.3 is 43.7 Å². The highest BCUT2D eigenvalue weighted by molar-refractivity contribution is 6.35. The second-order valence-electron chi connectivity index (χ2n) is 13.6. The van der Waals surface area contributed by atoms with E-state index in [1.165, 1.54) is 7.11 Å². The molecule has 3 N–H and O–H groups in total. The summed E-state index contributed by atoms with van der Waals surface area (Å²) in [6, 6.07) is 0. The first-order valence-corrected chi connectivity index (χ1v) is 14.2. The van der Waals surface area contributed by atoms with Crippen LogP contribution in [0.25, 0.3) is 0 Å². The first kappa shape index (κ1) is 27.2. The van der Waals surface area contributed by atoms with Gasteiger partial charge in [0.15, 0.2) is 6.29 Å². The molecule has 0 aromatic heterocycles. The summed E-state index contributed by atoms with van der Waals surface area (Å²) in [7, 11) is 2.31. The topological polar surface area (TPSA) is 167 Å². The summed E-state index contributed by atoms with van der Waals surface area (Å²) in [4.78, 5) is 40.7. The maximum Gasteiger partial charge on any atom is 0.374 e. The van der Waals surface area contributed by atoms with Crippen molar-refractivity contribution in [2.45, 2.75) is 88.0 Å². The Morgan fingerprint density at radius 1 is 0.975 bits per heavy atom. The number of carbonyl (C=O) groups is 3. The molecule has 4 saturated heterocycles. The molecule has 7 rings (SSSR count). The number of rotatable bonds is 3. The van der Waals surface area contributed by atoms with Gasteiger partial charge in [-0.3, -0.25) is 9.59 Å². The summed E-state index contributed by atoms with van der Waals surface area (Å²) in [6.07, 6.45) is -4.96. The molecule has 15 atom stereocenters. The number of Topliss-reactive ketones (excluding diaryl/α,β-unsaturated/α-hetero) is 1. The number of carbonyl (C=O) groups excluding carboxylic acids is 3. The second-order valence-corrected chi connectivity index (χ2v) is 13.6. The van der Waals surface area contributed by atoms with Crippen LogP contribution in [0, 0.1) is 39.9 Å². The number of methoxy groups -OCH3 is 2. The molecule has 4 heterocycles. The van der Waals surface area contributed by atoms with Crippen molar-refractivity contribution in [3.8, 4) is 0 Å². The van der Waals surface area contributed by atoms with Gasteiger partial charge in [-0.15, -0.1) is 0 Å². The zero-order chi connectivity index (χ0) is 28.8. The minimum Gasteiger partial charge on any atom is -0.468 e. The van der Waals surface area contributed by atoms with E-state index >= 15 is 0 Å². The molecule has 6 unspecified atom stereocenters. The zero-order valence-corrected chi connectivity index (χ0v) is 23.3. The molecular weight excluding hydrogens is 528 g/mol. The Labute approximate surface area is 231 Å². The number of ether oxygens (including phenoxy) is 6. The maximum atomic E-state index is 14.2. The fourth-order valence-electron chi connectivity index (χ4n) is 11.1. The van der Waals surface area contributed by atoms with Crippen LogP contribution in [0.1, 0.15) is 40.0 Å². The highest BCUT2D eigenvalue weighted by atomic mass is 16.7. The Morgan fingerprint density at radius 2 is 1.70 bits per heavy atom. The van der Waals surface area contributed by atoms with Crippen LogP contribution < -0.4 is 0 Å². The zero-order valence-electron chi connectivity index (χ0n) is 23.3. The molecule has 12 nitrogen and oxygen atoms in total. The van der Waals surface area contributed by atoms with Crippen molar-refractivity contribution in [1.82, 2.24) is 0 Å². The van der Waals surface area contributed by atoms with Crippen LogP contribution in [0.15, 0.2) is 0 Å². The molecule has 222 valence electrons. The molecule has 7 fully saturated rings. The lowest BCUT2D eigenvalue weighted by atomic mass is 9.37. The van der Waals surface area contributed by atoms with Crippen LogP contribution in [0.4, 0.5) is 0 Å². The quantitative estimate of drug-likeness (QED) is 0.292. The third-order valence-corrected chi connectivity index (χ3v) is 12.6. The summed E-state index contributed by atoms with van der Waals surface area (Å²) in [5, 5.41) is 36.1. The minimum atomic E-state index is -1.80. The molecular formula is C28H38O12. The van der Waals surface area contributed by atoms with Crippen molar-refractivity contribution in [3.63, 3.8) is 0 Å². The van der Waals surface area contributed by atoms with E-state index in [1.54, 1.807) is 13.8 Å². The number of ketones is 1. The predicted molar refractivity (Wildman–Crippen MR) is 130 cm³/mol. The molecule has 0 amide bonds. The van der Waals surface area contributed by atoms with Crippen LogP contribution in [-0.2, 0) is 42.8 Å². The van der Waals surface area contributed by atoms with Gasteiger partial charge >= 0.3 is 11.9 Å². The van der Waals surface area contributed by atoms with E-state index in [1.807, 2.05) is 6.92 Å². The molecule has 0 aromatic carbocycles. The highest BCUT2D eigenvalue weighted by Crippen LogP contribution is 2.77. The lowest BCUT2D eigenvalue weighted by Gasteiger charge is -2.65. The van der Waals surface area contributed by atoms with Crippen molar-refractivity contribution in [2.24, 2.45) is 39.9 Å². The average Bonchev–Trinajstić information content (AvgIpc) is 3.65. The fraction of sp³-hybridized carbons (Fsp3) is 0.893. The van der Waals surface area contributed by atoms with Crippen molar-refractivity contribution < 1.29 is 58.1 Å². The maximum absolute atomic E-state index is 14.2. The SMILES string of the molecule is COC(=O)C(=O)C1[C@]2(C)C3C(OC[C@]3(C(=O)OC)[C@H](O)C[C@@H]2O)[C@H]2O[C@]3(C)C4C[C@@H](OC5OCCC54)[C@]3(O)[C@@]12C. The van der Waals surface area contributed by atoms with Crippen LogP contribution >= 0.6 is 0 Å². The standard InChI is InChI=1S/C28H38O12/c1-24-13(29)9-14(30)27(23(33)36-5)10-38-17(19(24)27)20-25(2,18(24)16(31)21(32)35-4)28(34)15-8-12(26(28,3)40-20)11-6-7-37-22(11)39-15/h11-15,17-20,22,29-30,34H,6-10H2,1-5H3/t11?,12?,13-,14+,15+,17?,18?,19?,20+,22?,24+,25-,26+,27-,28-/m0/s1. The van der Waals surface area contributed by atoms with Crippen LogP contribution in [0.5, 0.6) is 0 Å². The molecule has 4 aliphatic heterocycles. The average molecular weight is 567 g/mol. The van der Waals surface area contributed by atoms with Gasteiger partial charge in [-0.2, -0.15) is 0 Å². The van der Waals surface area contributed by atoms with Gasteiger partial charge in [-0.1, -0.05) is 13.8 Å². The van der Waals surface area contributed by atoms with Crippen LogP contribution in [0.2, 0.25) is 0 Å². The van der Waals surface area contributed by atoms with Gasteiger partial charge in [0, 0.05) is 40.9 Å². The number of hydrogen-bond acceptors (Lipinski definition) is 12. The largest absolute Gasteiger partial charge is 0.468 e. The van der Waals surface area contributed by atoms with E-state index in [-0.39, 0.29) is 24.9 Å². The summed E-state index contributed by atoms with van der Waals surface area (Å²) in [5.74, 6) is -5.40. The second kappa shape index (κ2) is 8.03. The monoisotopic (exact) mass is 566 g/mol. The van der Waals surface area contributed by atoms with E-state index < -0.39 is 93.8 Å². The minimum absolute atomic E-state index is 0.0438. The summed E-state index contributed by atoms with van der Waals surface area (Å²) in [5.41, 5.74) is -7.72. The van der Waals surface area contributed by atoms with Gasteiger partial charge in [0.25, 0.3) is 0 Å². The Morgan fingerprint density at radius 3 is 2.38 bits per heavy atom. The fourth-order valence-corrected chi connectivity index (χ4v) is 11.1. The summed E-state index contributed by atoms with van der Waals surface area (Å²) >= 11 is 0. The first-order valence-electron chi connectivity index (χ1n) is 14.2. The molecule has 3 saturated carbocycles. The van der Waals surface area contributed by atoms with Crippen LogP contribution in [0.3, 0.4) is 0 Å². The van der Waals surface area contributed by atoms with Gasteiger partial charge in [0.1, 0.15) is 16.6 Å². The molecule has 12 heteroatoms. The number of aliphatic hydroxyl groups excluding tert-OH is 2. The van der Waals surface area contributed by atoms with E-state index in [2.05, 4.69) is 0 Å². The Kier molecular flexibility index (Phi) is 5.46. The molecule has 0 aromatic rings. The third kappa shape index (κ3) is 2.55. The number of hydrogen-bond donors (Lipinski definition) is 3. The van der Waals surface area contributed by atoms with Crippen molar-refractivity contribution in [3.05, 3.63) is 0 Å². The number of esters is 2. The molecule has 2 bridgehead atoms. The third-order valence-electron chi connectivity index (χ3n) is 12.6. The normalized spacial score (nSPS) is 58.9. The van der Waals surface area contributed by atoms with Crippen molar-refractivity contribution in [2.75, 3.05) is 27.4 Å². The van der Waals surface area contributed by atoms with E-state index in [9.17, 15) is 29.7 Å². The Balaban J connectivity index is 1.49. The Hall–Kier alpha value is -1.67. The Bertz CT molecular complexity index is 1170. The van der Waals surface area contributed by atoms with Gasteiger partial charge in [0.2, 0.25) is 5.78 Å².